The topological polar surface area (TPSA) is 47.4 Å². The SMILES string of the molecule is COc1cccc(-n2cc(CN3CC(C)(c4ccccc4)CCC3=O)cn2)c1. The molecule has 1 aliphatic heterocycles. The van der Waals surface area contributed by atoms with Crippen LogP contribution in [0.5, 0.6) is 5.75 Å². The van der Waals surface area contributed by atoms with Gasteiger partial charge in [0.15, 0.2) is 0 Å². The van der Waals surface area contributed by atoms with Crippen molar-refractivity contribution in [2.75, 3.05) is 13.7 Å². The highest BCUT2D eigenvalue weighted by molar-refractivity contribution is 5.77. The van der Waals surface area contributed by atoms with E-state index in [1.165, 1.54) is 5.56 Å². The molecule has 0 aliphatic carbocycles. The van der Waals surface area contributed by atoms with Gasteiger partial charge in [-0.15, -0.1) is 0 Å². The molecule has 1 fully saturated rings. The summed E-state index contributed by atoms with van der Waals surface area (Å²) in [6.45, 7) is 3.55. The predicted molar refractivity (Wildman–Crippen MR) is 109 cm³/mol. The number of rotatable bonds is 5. The molecule has 1 aromatic heterocycles. The van der Waals surface area contributed by atoms with E-state index >= 15 is 0 Å². The van der Waals surface area contributed by atoms with E-state index in [2.05, 4.69) is 36.3 Å². The maximum absolute atomic E-state index is 12.6. The monoisotopic (exact) mass is 375 g/mol. The Balaban J connectivity index is 1.52. The van der Waals surface area contributed by atoms with E-state index in [9.17, 15) is 4.79 Å². The van der Waals surface area contributed by atoms with Crippen LogP contribution in [-0.4, -0.2) is 34.2 Å². The third-order valence-electron chi connectivity index (χ3n) is 5.58. The van der Waals surface area contributed by atoms with Crippen molar-refractivity contribution in [2.45, 2.75) is 31.7 Å². The van der Waals surface area contributed by atoms with Crippen LogP contribution in [-0.2, 0) is 16.8 Å². The Morgan fingerprint density at radius 2 is 1.96 bits per heavy atom. The van der Waals surface area contributed by atoms with Crippen LogP contribution in [0, 0.1) is 0 Å². The molecular formula is C23H25N3O2. The molecule has 2 aromatic carbocycles. The maximum Gasteiger partial charge on any atom is 0.222 e. The number of benzene rings is 2. The molecule has 5 heteroatoms. The molecule has 3 aromatic rings. The number of aromatic nitrogens is 2. The molecule has 0 spiro atoms. The molecule has 1 atom stereocenters. The number of carbonyl (C=O) groups is 1. The first-order valence-electron chi connectivity index (χ1n) is 9.59. The summed E-state index contributed by atoms with van der Waals surface area (Å²) in [6.07, 6.45) is 5.28. The number of hydrogen-bond acceptors (Lipinski definition) is 3. The Kier molecular flexibility index (Phi) is 4.90. The Morgan fingerprint density at radius 3 is 2.75 bits per heavy atom. The minimum absolute atomic E-state index is 0.0159. The number of hydrogen-bond donors (Lipinski definition) is 0. The lowest BCUT2D eigenvalue weighted by atomic mass is 9.75. The fourth-order valence-corrected chi connectivity index (χ4v) is 3.91. The van der Waals surface area contributed by atoms with E-state index in [-0.39, 0.29) is 11.3 Å². The molecule has 0 bridgehead atoms. The van der Waals surface area contributed by atoms with Crippen molar-refractivity contribution in [3.05, 3.63) is 78.1 Å². The summed E-state index contributed by atoms with van der Waals surface area (Å²) in [5.41, 5.74) is 3.23. The fraction of sp³-hybridized carbons (Fsp3) is 0.304. The van der Waals surface area contributed by atoms with Crippen LogP contribution in [0.15, 0.2) is 67.0 Å². The lowest BCUT2D eigenvalue weighted by molar-refractivity contribution is -0.136. The lowest BCUT2D eigenvalue weighted by Crippen LogP contribution is -2.46. The lowest BCUT2D eigenvalue weighted by Gasteiger charge is -2.40. The molecule has 28 heavy (non-hydrogen) atoms. The standard InChI is InChI=1S/C23H25N3O2/c1-23(19-7-4-3-5-8-19)12-11-22(27)25(17-23)15-18-14-24-26(16-18)20-9-6-10-21(13-20)28-2/h3-10,13-14,16H,11-12,15,17H2,1-2H3. The number of likely N-dealkylation sites (tertiary alicyclic amines) is 1. The van der Waals surface area contributed by atoms with E-state index in [1.54, 1.807) is 7.11 Å². The minimum atomic E-state index is -0.0159. The van der Waals surface area contributed by atoms with Crippen LogP contribution in [0.4, 0.5) is 0 Å². The van der Waals surface area contributed by atoms with Crippen LogP contribution >= 0.6 is 0 Å². The average Bonchev–Trinajstić information content (AvgIpc) is 3.20. The number of nitrogens with zero attached hydrogens (tertiary/aromatic N) is 3. The molecule has 2 heterocycles. The molecule has 4 rings (SSSR count). The summed E-state index contributed by atoms with van der Waals surface area (Å²) >= 11 is 0. The van der Waals surface area contributed by atoms with Gasteiger partial charge in [-0.1, -0.05) is 43.3 Å². The van der Waals surface area contributed by atoms with E-state index < -0.39 is 0 Å². The Hall–Kier alpha value is -3.08. The van der Waals surface area contributed by atoms with Crippen molar-refractivity contribution in [3.8, 4) is 11.4 Å². The fourth-order valence-electron chi connectivity index (χ4n) is 3.91. The Bertz CT molecular complexity index is 967. The van der Waals surface area contributed by atoms with Crippen molar-refractivity contribution in [3.63, 3.8) is 0 Å². The first-order chi connectivity index (χ1) is 13.6. The molecular weight excluding hydrogens is 350 g/mol. The predicted octanol–water partition coefficient (Wildman–Crippen LogP) is 3.96. The maximum atomic E-state index is 12.6. The second-order valence-electron chi connectivity index (χ2n) is 7.67. The zero-order valence-corrected chi connectivity index (χ0v) is 16.3. The van der Waals surface area contributed by atoms with Gasteiger partial charge >= 0.3 is 0 Å². The number of piperidine rings is 1. The van der Waals surface area contributed by atoms with Gasteiger partial charge in [0.05, 0.1) is 19.0 Å². The summed E-state index contributed by atoms with van der Waals surface area (Å²) in [4.78, 5) is 14.5. The summed E-state index contributed by atoms with van der Waals surface area (Å²) in [5.74, 6) is 1.00. The van der Waals surface area contributed by atoms with Crippen LogP contribution < -0.4 is 4.74 Å². The molecule has 0 radical (unpaired) electrons. The molecule has 144 valence electrons. The summed E-state index contributed by atoms with van der Waals surface area (Å²) < 4.78 is 7.11. The van der Waals surface area contributed by atoms with E-state index in [0.717, 1.165) is 30.0 Å². The first-order valence-corrected chi connectivity index (χ1v) is 9.59. The largest absolute Gasteiger partial charge is 0.497 e. The van der Waals surface area contributed by atoms with Crippen molar-refractivity contribution in [1.82, 2.24) is 14.7 Å². The van der Waals surface area contributed by atoms with Gasteiger partial charge in [-0.2, -0.15) is 5.10 Å². The van der Waals surface area contributed by atoms with Gasteiger partial charge in [-0.05, 0) is 24.1 Å². The van der Waals surface area contributed by atoms with Crippen molar-refractivity contribution in [1.29, 1.82) is 0 Å². The molecule has 1 saturated heterocycles. The normalized spacial score (nSPS) is 19.6. The van der Waals surface area contributed by atoms with Gasteiger partial charge in [0.1, 0.15) is 5.75 Å². The number of carbonyl (C=O) groups excluding carboxylic acids is 1. The Labute approximate surface area is 165 Å². The minimum Gasteiger partial charge on any atom is -0.497 e. The molecule has 0 saturated carbocycles. The van der Waals surface area contributed by atoms with Crippen molar-refractivity contribution < 1.29 is 9.53 Å². The third kappa shape index (κ3) is 3.65. The summed E-state index contributed by atoms with van der Waals surface area (Å²) in [6, 6.07) is 18.3. The molecule has 1 aliphatic rings. The molecule has 0 N–H and O–H groups in total. The van der Waals surface area contributed by atoms with Gasteiger partial charge in [0, 0.05) is 42.8 Å². The smallest absolute Gasteiger partial charge is 0.222 e. The first kappa shape index (κ1) is 18.3. The second kappa shape index (κ2) is 7.50. The van der Waals surface area contributed by atoms with Crippen LogP contribution in [0.2, 0.25) is 0 Å². The molecule has 1 unspecified atom stereocenters. The van der Waals surface area contributed by atoms with Crippen LogP contribution in [0.1, 0.15) is 30.9 Å². The van der Waals surface area contributed by atoms with Crippen molar-refractivity contribution in [2.24, 2.45) is 0 Å². The van der Waals surface area contributed by atoms with Crippen molar-refractivity contribution >= 4 is 5.91 Å². The number of amides is 1. The summed E-state index contributed by atoms with van der Waals surface area (Å²) in [5, 5.41) is 4.47. The third-order valence-corrected chi connectivity index (χ3v) is 5.58. The highest BCUT2D eigenvalue weighted by atomic mass is 16.5. The zero-order chi connectivity index (χ0) is 19.6. The van der Waals surface area contributed by atoms with Gasteiger partial charge < -0.3 is 9.64 Å². The molecule has 1 amide bonds. The Morgan fingerprint density at radius 1 is 1.14 bits per heavy atom. The molecule has 5 nitrogen and oxygen atoms in total. The van der Waals surface area contributed by atoms with E-state index in [0.29, 0.717) is 13.0 Å². The van der Waals surface area contributed by atoms with Gasteiger partial charge in [0.25, 0.3) is 0 Å². The quantitative estimate of drug-likeness (QED) is 0.678. The average molecular weight is 375 g/mol. The number of ether oxygens (including phenoxy) is 1. The van der Waals surface area contributed by atoms with Gasteiger partial charge in [-0.25, -0.2) is 4.68 Å². The van der Waals surface area contributed by atoms with E-state index in [1.807, 2.05) is 52.3 Å². The second-order valence-corrected chi connectivity index (χ2v) is 7.67. The van der Waals surface area contributed by atoms with Gasteiger partial charge in [0.2, 0.25) is 5.91 Å². The van der Waals surface area contributed by atoms with Crippen LogP contribution in [0.25, 0.3) is 5.69 Å². The highest BCUT2D eigenvalue weighted by Crippen LogP contribution is 2.34. The van der Waals surface area contributed by atoms with E-state index in [4.69, 9.17) is 4.74 Å². The van der Waals surface area contributed by atoms with Gasteiger partial charge in [-0.3, -0.25) is 4.79 Å². The van der Waals surface area contributed by atoms with Crippen LogP contribution in [0.3, 0.4) is 0 Å². The zero-order valence-electron chi connectivity index (χ0n) is 16.3. The number of methoxy groups -OCH3 is 1. The highest BCUT2D eigenvalue weighted by Gasteiger charge is 2.36. The summed E-state index contributed by atoms with van der Waals surface area (Å²) in [7, 11) is 1.65.